The Morgan fingerprint density at radius 1 is 0.950 bits per heavy atom. The van der Waals surface area contributed by atoms with Gasteiger partial charge >= 0.3 is 0 Å². The Balaban J connectivity index is 2.32. The molecule has 0 aromatic rings. The predicted octanol–water partition coefficient (Wildman–Crippen LogP) is 5.79. The van der Waals surface area contributed by atoms with Crippen molar-refractivity contribution in [3.05, 3.63) is 0 Å². The monoisotopic (exact) mass is 281 g/mol. The van der Waals surface area contributed by atoms with E-state index >= 15 is 0 Å². The molecular weight excluding hydrogens is 242 g/mol. The van der Waals surface area contributed by atoms with Gasteiger partial charge in [-0.3, -0.25) is 0 Å². The quantitative estimate of drug-likeness (QED) is 0.555. The van der Waals surface area contributed by atoms with Gasteiger partial charge in [0.1, 0.15) is 0 Å². The summed E-state index contributed by atoms with van der Waals surface area (Å²) in [7, 11) is 0. The largest absolute Gasteiger partial charge is 0.312 e. The zero-order valence-electron chi connectivity index (χ0n) is 14.8. The normalized spacial score (nSPS) is 27.8. The summed E-state index contributed by atoms with van der Waals surface area (Å²) in [5, 5.41) is 3.75. The van der Waals surface area contributed by atoms with Crippen LogP contribution in [-0.4, -0.2) is 12.1 Å². The Bertz CT molecular complexity index is 241. The molecule has 1 N–H and O–H groups in total. The molecular formula is C19H39N. The van der Waals surface area contributed by atoms with Crippen molar-refractivity contribution in [2.24, 2.45) is 17.8 Å². The molecule has 1 saturated carbocycles. The van der Waals surface area contributed by atoms with Gasteiger partial charge in [0.15, 0.2) is 0 Å². The molecule has 20 heavy (non-hydrogen) atoms. The fraction of sp³-hybridized carbons (Fsp3) is 1.00. The summed E-state index contributed by atoms with van der Waals surface area (Å²) in [5.41, 5.74) is 0.273. The first kappa shape index (κ1) is 18.0. The molecule has 1 nitrogen and oxygen atoms in total. The van der Waals surface area contributed by atoms with Gasteiger partial charge in [-0.25, -0.2) is 0 Å². The lowest BCUT2D eigenvalue weighted by molar-refractivity contribution is 0.162. The van der Waals surface area contributed by atoms with Crippen LogP contribution in [-0.2, 0) is 0 Å². The van der Waals surface area contributed by atoms with Gasteiger partial charge in [-0.15, -0.1) is 0 Å². The summed E-state index contributed by atoms with van der Waals surface area (Å²) in [6.07, 6.45) is 13.0. The summed E-state index contributed by atoms with van der Waals surface area (Å²) in [4.78, 5) is 0. The van der Waals surface area contributed by atoms with E-state index in [0.29, 0.717) is 0 Å². The van der Waals surface area contributed by atoms with Crippen LogP contribution in [0.25, 0.3) is 0 Å². The van der Waals surface area contributed by atoms with E-state index < -0.39 is 0 Å². The van der Waals surface area contributed by atoms with E-state index in [9.17, 15) is 0 Å². The maximum absolute atomic E-state index is 3.75. The van der Waals surface area contributed by atoms with Gasteiger partial charge in [-0.1, -0.05) is 58.8 Å². The third-order valence-electron chi connectivity index (χ3n) is 4.98. The van der Waals surface area contributed by atoms with E-state index in [4.69, 9.17) is 0 Å². The van der Waals surface area contributed by atoms with Gasteiger partial charge < -0.3 is 5.32 Å². The molecule has 0 aromatic carbocycles. The first-order chi connectivity index (χ1) is 9.42. The average Bonchev–Trinajstić information content (AvgIpc) is 2.36. The molecule has 0 heterocycles. The lowest BCUT2D eigenvalue weighted by Gasteiger charge is -2.37. The minimum Gasteiger partial charge on any atom is -0.312 e. The van der Waals surface area contributed by atoms with E-state index in [1.54, 1.807) is 0 Å². The number of rotatable bonds is 8. The molecule has 1 aliphatic carbocycles. The smallest absolute Gasteiger partial charge is 0.00966 e. The molecule has 1 fully saturated rings. The molecule has 120 valence electrons. The number of hydrogen-bond donors (Lipinski definition) is 1. The summed E-state index contributed by atoms with van der Waals surface area (Å²) >= 11 is 0. The predicted molar refractivity (Wildman–Crippen MR) is 91.1 cm³/mol. The second kappa shape index (κ2) is 9.07. The maximum Gasteiger partial charge on any atom is 0.00966 e. The van der Waals surface area contributed by atoms with Crippen molar-refractivity contribution < 1.29 is 0 Å². The molecule has 1 rings (SSSR count). The third kappa shape index (κ3) is 7.67. The van der Waals surface area contributed by atoms with Crippen LogP contribution in [0.15, 0.2) is 0 Å². The Hall–Kier alpha value is -0.0400. The van der Waals surface area contributed by atoms with Gasteiger partial charge in [-0.05, 0) is 57.9 Å². The zero-order chi connectivity index (χ0) is 15.0. The van der Waals surface area contributed by atoms with Crippen LogP contribution in [0.3, 0.4) is 0 Å². The first-order valence-electron chi connectivity index (χ1n) is 9.17. The van der Waals surface area contributed by atoms with Crippen LogP contribution < -0.4 is 5.32 Å². The average molecular weight is 282 g/mol. The second-order valence-electron chi connectivity index (χ2n) is 8.27. The number of hydrogen-bond acceptors (Lipinski definition) is 1. The highest BCUT2D eigenvalue weighted by Crippen LogP contribution is 2.36. The summed E-state index contributed by atoms with van der Waals surface area (Å²) < 4.78 is 0. The molecule has 0 radical (unpaired) electrons. The fourth-order valence-corrected chi connectivity index (χ4v) is 3.63. The molecule has 0 spiro atoms. The lowest BCUT2D eigenvalue weighted by Crippen LogP contribution is -2.42. The van der Waals surface area contributed by atoms with Crippen LogP contribution in [0.2, 0.25) is 0 Å². The summed E-state index contributed by atoms with van der Waals surface area (Å²) in [6, 6.07) is 0. The van der Waals surface area contributed by atoms with E-state index in [1.165, 1.54) is 64.3 Å². The number of nitrogens with one attached hydrogen (secondary N) is 1. The van der Waals surface area contributed by atoms with E-state index in [0.717, 1.165) is 17.8 Å². The molecule has 0 aliphatic heterocycles. The van der Waals surface area contributed by atoms with E-state index in [1.807, 2.05) is 0 Å². The highest BCUT2D eigenvalue weighted by atomic mass is 14.9. The SMILES string of the molecule is CCCCCCCC1CC(C)CCC1CNC(C)(C)C. The molecule has 0 amide bonds. The Morgan fingerprint density at radius 2 is 1.65 bits per heavy atom. The fourth-order valence-electron chi connectivity index (χ4n) is 3.63. The topological polar surface area (TPSA) is 12.0 Å². The molecule has 3 unspecified atom stereocenters. The van der Waals surface area contributed by atoms with Crippen LogP contribution in [0.1, 0.15) is 92.4 Å². The molecule has 1 heteroatoms. The van der Waals surface area contributed by atoms with Crippen LogP contribution in [0.5, 0.6) is 0 Å². The van der Waals surface area contributed by atoms with Crippen LogP contribution in [0, 0.1) is 17.8 Å². The van der Waals surface area contributed by atoms with Gasteiger partial charge in [0, 0.05) is 5.54 Å². The zero-order valence-corrected chi connectivity index (χ0v) is 14.8. The molecule has 1 aliphatic rings. The minimum absolute atomic E-state index is 0.273. The summed E-state index contributed by atoms with van der Waals surface area (Å²) in [5.74, 6) is 2.87. The maximum atomic E-state index is 3.75. The van der Waals surface area contributed by atoms with Crippen molar-refractivity contribution in [2.45, 2.75) is 97.9 Å². The minimum atomic E-state index is 0.273. The highest BCUT2D eigenvalue weighted by molar-refractivity contribution is 4.82. The van der Waals surface area contributed by atoms with Crippen LogP contribution >= 0.6 is 0 Å². The molecule has 0 saturated heterocycles. The van der Waals surface area contributed by atoms with Crippen molar-refractivity contribution in [2.75, 3.05) is 6.54 Å². The Morgan fingerprint density at radius 3 is 2.30 bits per heavy atom. The highest BCUT2D eigenvalue weighted by Gasteiger charge is 2.28. The van der Waals surface area contributed by atoms with Gasteiger partial charge in [-0.2, -0.15) is 0 Å². The van der Waals surface area contributed by atoms with Gasteiger partial charge in [0.25, 0.3) is 0 Å². The van der Waals surface area contributed by atoms with Crippen molar-refractivity contribution >= 4 is 0 Å². The molecule has 0 bridgehead atoms. The summed E-state index contributed by atoms with van der Waals surface area (Å²) in [6.45, 7) is 12.9. The van der Waals surface area contributed by atoms with Gasteiger partial charge in [0.2, 0.25) is 0 Å². The third-order valence-corrected chi connectivity index (χ3v) is 4.98. The number of unbranched alkanes of at least 4 members (excludes halogenated alkanes) is 4. The molecule has 0 aromatic heterocycles. The van der Waals surface area contributed by atoms with E-state index in [2.05, 4.69) is 39.9 Å². The van der Waals surface area contributed by atoms with Crippen LogP contribution in [0.4, 0.5) is 0 Å². The Labute approximate surface area is 128 Å². The van der Waals surface area contributed by atoms with Crippen molar-refractivity contribution in [1.29, 1.82) is 0 Å². The first-order valence-corrected chi connectivity index (χ1v) is 9.17. The lowest BCUT2D eigenvalue weighted by atomic mass is 9.72. The standard InChI is InChI=1S/C19H39N/c1-6-7-8-9-10-11-17-14-16(2)12-13-18(17)15-20-19(3,4)5/h16-18,20H,6-15H2,1-5H3. The van der Waals surface area contributed by atoms with E-state index in [-0.39, 0.29) is 5.54 Å². The Kier molecular flexibility index (Phi) is 8.17. The van der Waals surface area contributed by atoms with Crippen molar-refractivity contribution in [1.82, 2.24) is 5.32 Å². The van der Waals surface area contributed by atoms with Crippen molar-refractivity contribution in [3.63, 3.8) is 0 Å². The second-order valence-corrected chi connectivity index (χ2v) is 8.27. The molecule has 3 atom stereocenters. The van der Waals surface area contributed by atoms with Crippen molar-refractivity contribution in [3.8, 4) is 0 Å². The van der Waals surface area contributed by atoms with Gasteiger partial charge in [0.05, 0.1) is 0 Å².